The molecule has 1 aromatic rings. The fraction of sp³-hybridized carbons (Fsp3) is 0.571. The maximum Gasteiger partial charge on any atom is 0.373 e. The zero-order chi connectivity index (χ0) is 10.9. The van der Waals surface area contributed by atoms with E-state index in [4.69, 9.17) is 10.5 Å². The maximum absolute atomic E-state index is 10.6. The number of aryl methyl sites for hydroxylation is 1. The lowest BCUT2D eigenvalue weighted by molar-refractivity contribution is -0.385. The summed E-state index contributed by atoms with van der Waals surface area (Å²) in [5.74, 6) is -0.0457. The van der Waals surface area contributed by atoms with Crippen molar-refractivity contribution in [2.24, 2.45) is 7.05 Å². The van der Waals surface area contributed by atoms with Gasteiger partial charge < -0.3 is 10.5 Å². The Kier molecular flexibility index (Phi) is 2.59. The minimum Gasteiger partial charge on any atom is -0.469 e. The molecule has 0 unspecified atom stereocenters. The normalized spacial score (nSPS) is 10.6. The molecule has 2 N–H and O–H groups in total. The lowest BCUT2D eigenvalue weighted by Gasteiger charge is -2.04. The zero-order valence-electron chi connectivity index (χ0n) is 8.22. The molecule has 78 valence electrons. The number of anilines is 1. The van der Waals surface area contributed by atoms with Gasteiger partial charge in [-0.3, -0.25) is 10.1 Å². The summed E-state index contributed by atoms with van der Waals surface area (Å²) >= 11 is 0. The summed E-state index contributed by atoms with van der Waals surface area (Å²) in [5.41, 5.74) is 5.18. The van der Waals surface area contributed by atoms with Gasteiger partial charge in [-0.05, 0) is 13.8 Å². The van der Waals surface area contributed by atoms with Crippen LogP contribution < -0.4 is 10.5 Å². The molecular formula is C7H12N4O3. The maximum atomic E-state index is 10.6. The standard InChI is InChI=1S/C7H12N4O3/c1-4(2)14-7-5(11(12)13)6(8)10(3)9-7/h4H,8H2,1-3H3. The second kappa shape index (κ2) is 3.52. The van der Waals surface area contributed by atoms with Crippen molar-refractivity contribution in [1.82, 2.24) is 9.78 Å². The van der Waals surface area contributed by atoms with E-state index in [0.717, 1.165) is 0 Å². The highest BCUT2D eigenvalue weighted by atomic mass is 16.6. The third-order valence-electron chi connectivity index (χ3n) is 1.56. The van der Waals surface area contributed by atoms with E-state index >= 15 is 0 Å². The molecule has 7 heteroatoms. The molecule has 0 fully saturated rings. The first-order valence-electron chi connectivity index (χ1n) is 4.07. The van der Waals surface area contributed by atoms with Crippen LogP contribution in [0.5, 0.6) is 5.88 Å². The molecule has 0 aliphatic rings. The molecule has 0 atom stereocenters. The largest absolute Gasteiger partial charge is 0.469 e. The van der Waals surface area contributed by atoms with Crippen LogP contribution in [0, 0.1) is 10.1 Å². The summed E-state index contributed by atoms with van der Waals surface area (Å²) in [4.78, 5) is 10.0. The van der Waals surface area contributed by atoms with Crippen molar-refractivity contribution in [3.8, 4) is 5.88 Å². The van der Waals surface area contributed by atoms with E-state index in [1.165, 1.54) is 11.7 Å². The molecule has 0 saturated heterocycles. The van der Waals surface area contributed by atoms with Crippen molar-refractivity contribution in [3.05, 3.63) is 10.1 Å². The number of hydrogen-bond donors (Lipinski definition) is 1. The number of ether oxygens (including phenoxy) is 1. The van der Waals surface area contributed by atoms with Crippen molar-refractivity contribution in [2.45, 2.75) is 20.0 Å². The summed E-state index contributed by atoms with van der Waals surface area (Å²) in [6.45, 7) is 3.52. The number of nitrogens with zero attached hydrogens (tertiary/aromatic N) is 3. The van der Waals surface area contributed by atoms with Gasteiger partial charge in [0.25, 0.3) is 0 Å². The van der Waals surface area contributed by atoms with Crippen LogP contribution in [0.4, 0.5) is 11.5 Å². The molecule has 1 aromatic heterocycles. The third kappa shape index (κ3) is 1.76. The van der Waals surface area contributed by atoms with E-state index in [0.29, 0.717) is 0 Å². The molecule has 14 heavy (non-hydrogen) atoms. The molecule has 0 aromatic carbocycles. The molecule has 1 rings (SSSR count). The van der Waals surface area contributed by atoms with E-state index in [1.54, 1.807) is 13.8 Å². The zero-order valence-corrected chi connectivity index (χ0v) is 8.22. The fourth-order valence-electron chi connectivity index (χ4n) is 0.975. The van der Waals surface area contributed by atoms with Crippen molar-refractivity contribution in [1.29, 1.82) is 0 Å². The summed E-state index contributed by atoms with van der Waals surface area (Å²) < 4.78 is 6.37. The van der Waals surface area contributed by atoms with Crippen LogP contribution in [0.3, 0.4) is 0 Å². The van der Waals surface area contributed by atoms with E-state index in [1.807, 2.05) is 0 Å². The molecule has 0 bridgehead atoms. The molecule has 0 aliphatic heterocycles. The van der Waals surface area contributed by atoms with Crippen LogP contribution in [0.2, 0.25) is 0 Å². The molecule has 0 spiro atoms. The summed E-state index contributed by atoms with van der Waals surface area (Å²) in [7, 11) is 1.52. The van der Waals surface area contributed by atoms with Crippen LogP contribution in [0.25, 0.3) is 0 Å². The average Bonchev–Trinajstić information content (AvgIpc) is 2.26. The van der Waals surface area contributed by atoms with Gasteiger partial charge in [0.1, 0.15) is 0 Å². The van der Waals surface area contributed by atoms with Gasteiger partial charge in [0.2, 0.25) is 5.82 Å². The minimum atomic E-state index is -0.597. The van der Waals surface area contributed by atoms with Crippen molar-refractivity contribution in [3.63, 3.8) is 0 Å². The second-order valence-electron chi connectivity index (χ2n) is 3.09. The number of rotatable bonds is 3. The Morgan fingerprint density at radius 3 is 2.64 bits per heavy atom. The lowest BCUT2D eigenvalue weighted by Crippen LogP contribution is -2.07. The Bertz CT molecular complexity index is 358. The highest BCUT2D eigenvalue weighted by Crippen LogP contribution is 2.31. The topological polar surface area (TPSA) is 96.2 Å². The highest BCUT2D eigenvalue weighted by molar-refractivity contribution is 5.59. The molecular weight excluding hydrogens is 188 g/mol. The third-order valence-corrected chi connectivity index (χ3v) is 1.56. The Morgan fingerprint density at radius 2 is 2.21 bits per heavy atom. The number of nitrogen functional groups attached to an aromatic ring is 1. The van der Waals surface area contributed by atoms with Crippen molar-refractivity contribution < 1.29 is 9.66 Å². The van der Waals surface area contributed by atoms with Crippen LogP contribution in [-0.4, -0.2) is 20.8 Å². The van der Waals surface area contributed by atoms with Crippen LogP contribution in [0.1, 0.15) is 13.8 Å². The monoisotopic (exact) mass is 200 g/mol. The van der Waals surface area contributed by atoms with Crippen molar-refractivity contribution in [2.75, 3.05) is 5.73 Å². The second-order valence-corrected chi connectivity index (χ2v) is 3.09. The van der Waals surface area contributed by atoms with Gasteiger partial charge in [0.15, 0.2) is 0 Å². The first kappa shape index (κ1) is 10.3. The molecule has 0 aliphatic carbocycles. The molecule has 1 heterocycles. The van der Waals surface area contributed by atoms with Crippen LogP contribution in [-0.2, 0) is 7.05 Å². The summed E-state index contributed by atoms with van der Waals surface area (Å²) in [6.07, 6.45) is -0.178. The van der Waals surface area contributed by atoms with E-state index in [-0.39, 0.29) is 23.5 Å². The fourth-order valence-corrected chi connectivity index (χ4v) is 0.975. The van der Waals surface area contributed by atoms with E-state index in [2.05, 4.69) is 5.10 Å². The van der Waals surface area contributed by atoms with Gasteiger partial charge in [-0.15, -0.1) is 5.10 Å². The molecule has 0 saturated carbocycles. The van der Waals surface area contributed by atoms with Gasteiger partial charge in [0, 0.05) is 7.05 Å². The van der Waals surface area contributed by atoms with Gasteiger partial charge in [0.05, 0.1) is 11.0 Å². The number of nitrogens with two attached hydrogens (primary N) is 1. The quantitative estimate of drug-likeness (QED) is 0.572. The Balaban J connectivity index is 3.15. The Morgan fingerprint density at radius 1 is 1.64 bits per heavy atom. The first-order chi connectivity index (χ1) is 6.43. The SMILES string of the molecule is CC(C)Oc1nn(C)c(N)c1[N+](=O)[O-]. The number of aromatic nitrogens is 2. The number of hydrogen-bond acceptors (Lipinski definition) is 5. The van der Waals surface area contributed by atoms with Crippen LogP contribution in [0.15, 0.2) is 0 Å². The summed E-state index contributed by atoms with van der Waals surface area (Å²) in [6, 6.07) is 0. The Labute approximate surface area is 80.6 Å². The average molecular weight is 200 g/mol. The smallest absolute Gasteiger partial charge is 0.373 e. The predicted molar refractivity (Wildman–Crippen MR) is 50.0 cm³/mol. The predicted octanol–water partition coefficient (Wildman–Crippen LogP) is 0.698. The van der Waals surface area contributed by atoms with Gasteiger partial charge in [-0.1, -0.05) is 0 Å². The summed E-state index contributed by atoms with van der Waals surface area (Å²) in [5, 5.41) is 14.4. The lowest BCUT2D eigenvalue weighted by atomic mass is 10.4. The molecule has 7 nitrogen and oxygen atoms in total. The molecule has 0 amide bonds. The molecule has 0 radical (unpaired) electrons. The van der Waals surface area contributed by atoms with Gasteiger partial charge >= 0.3 is 11.6 Å². The minimum absolute atomic E-state index is 0.00866. The number of nitro groups is 1. The van der Waals surface area contributed by atoms with Gasteiger partial charge in [-0.25, -0.2) is 4.68 Å². The van der Waals surface area contributed by atoms with Crippen LogP contribution >= 0.6 is 0 Å². The Hall–Kier alpha value is -1.79. The van der Waals surface area contributed by atoms with E-state index < -0.39 is 4.92 Å². The van der Waals surface area contributed by atoms with Gasteiger partial charge in [-0.2, -0.15) is 0 Å². The first-order valence-corrected chi connectivity index (χ1v) is 4.07. The van der Waals surface area contributed by atoms with E-state index in [9.17, 15) is 10.1 Å². The van der Waals surface area contributed by atoms with Crippen molar-refractivity contribution >= 4 is 11.5 Å². The highest BCUT2D eigenvalue weighted by Gasteiger charge is 2.26.